The van der Waals surface area contributed by atoms with Gasteiger partial charge in [-0.1, -0.05) is 52.9 Å². The average Bonchev–Trinajstić information content (AvgIpc) is 2.64. The lowest BCUT2D eigenvalue weighted by molar-refractivity contribution is -0.148. The number of nitrogens with zero attached hydrogens (tertiary/aromatic N) is 1. The van der Waals surface area contributed by atoms with Crippen LogP contribution < -0.4 is 0 Å². The van der Waals surface area contributed by atoms with Gasteiger partial charge in [0.15, 0.2) is 0 Å². The van der Waals surface area contributed by atoms with Gasteiger partial charge in [-0.3, -0.25) is 4.79 Å². The predicted molar refractivity (Wildman–Crippen MR) is 92.1 cm³/mol. The van der Waals surface area contributed by atoms with E-state index in [1.54, 1.807) is 4.90 Å². The molecular formula is C15H20INO2S. The van der Waals surface area contributed by atoms with Crippen LogP contribution in [0.15, 0.2) is 30.3 Å². The number of halogens is 1. The Hall–Kier alpha value is -0.270. The van der Waals surface area contributed by atoms with Gasteiger partial charge in [0.25, 0.3) is 0 Å². The highest BCUT2D eigenvalue weighted by atomic mass is 127. The zero-order valence-corrected chi connectivity index (χ0v) is 14.4. The first-order chi connectivity index (χ1) is 9.57. The number of unbranched alkanes of at least 4 members (excludes halogenated alkanes) is 1. The molecule has 1 fully saturated rings. The average molecular weight is 405 g/mol. The van der Waals surface area contributed by atoms with Crippen LogP contribution in [0.5, 0.6) is 0 Å². The first-order valence-electron chi connectivity index (χ1n) is 6.88. The second kappa shape index (κ2) is 7.13. The third kappa shape index (κ3) is 3.68. The van der Waals surface area contributed by atoms with Gasteiger partial charge in [-0.05, 0) is 29.3 Å². The monoisotopic (exact) mass is 405 g/mol. The van der Waals surface area contributed by atoms with E-state index in [1.807, 2.05) is 30.3 Å². The van der Waals surface area contributed by atoms with Crippen LogP contribution in [-0.2, 0) is 11.3 Å². The van der Waals surface area contributed by atoms with E-state index in [1.165, 1.54) is 0 Å². The van der Waals surface area contributed by atoms with Gasteiger partial charge in [-0.25, -0.2) is 0 Å². The molecule has 0 aliphatic carbocycles. The molecule has 0 spiro atoms. The predicted octanol–water partition coefficient (Wildman–Crippen LogP) is 3.01. The Bertz CT molecular complexity index is 456. The lowest BCUT2D eigenvalue weighted by Gasteiger charge is -2.33. The van der Waals surface area contributed by atoms with Crippen LogP contribution in [0.4, 0.5) is 0 Å². The molecular weight excluding hydrogens is 385 g/mol. The summed E-state index contributed by atoms with van der Waals surface area (Å²) in [6.45, 7) is 0.456. The van der Waals surface area contributed by atoms with Crippen LogP contribution in [0, 0.1) is 0 Å². The molecule has 2 atom stereocenters. The van der Waals surface area contributed by atoms with Crippen LogP contribution in [-0.4, -0.2) is 31.3 Å². The van der Waals surface area contributed by atoms with E-state index in [-0.39, 0.29) is 11.2 Å². The molecule has 1 heterocycles. The highest BCUT2D eigenvalue weighted by Gasteiger charge is 2.47. The maximum atomic E-state index is 12.2. The molecule has 1 aromatic rings. The molecule has 110 valence electrons. The lowest BCUT2D eigenvalue weighted by atomic mass is 10.0. The molecule has 0 saturated carbocycles. The summed E-state index contributed by atoms with van der Waals surface area (Å²) in [7, 11) is 0. The van der Waals surface area contributed by atoms with E-state index in [9.17, 15) is 9.90 Å². The molecule has 20 heavy (non-hydrogen) atoms. The molecule has 1 N–H and O–H groups in total. The van der Waals surface area contributed by atoms with Crippen molar-refractivity contribution in [3.63, 3.8) is 0 Å². The van der Waals surface area contributed by atoms with Crippen LogP contribution >= 0.6 is 35.2 Å². The second-order valence-electron chi connectivity index (χ2n) is 5.26. The Labute approximate surface area is 139 Å². The number of carbonyl (C=O) groups is 1. The number of aliphatic hydroxyl groups is 1. The fraction of sp³-hybridized carbons (Fsp3) is 0.533. The molecule has 5 heteroatoms. The number of alkyl halides is 1. The second-order valence-corrected chi connectivity index (χ2v) is 6.96. The molecule has 0 aromatic heterocycles. The first-order valence-corrected chi connectivity index (χ1v) is 8.93. The summed E-state index contributed by atoms with van der Waals surface area (Å²) in [6.07, 6.45) is 3.04. The van der Waals surface area contributed by atoms with Crippen molar-refractivity contribution in [3.05, 3.63) is 35.9 Å². The summed E-state index contributed by atoms with van der Waals surface area (Å²) < 4.78 is 1.07. The van der Waals surface area contributed by atoms with Crippen LogP contribution in [0.25, 0.3) is 0 Å². The minimum atomic E-state index is -1.04. The first kappa shape index (κ1) is 16.1. The molecule has 2 rings (SSSR count). The van der Waals surface area contributed by atoms with Gasteiger partial charge in [-0.2, -0.15) is 12.6 Å². The normalized spacial score (nSPS) is 26.2. The number of rotatable bonds is 6. The third-order valence-corrected chi connectivity index (χ3v) is 4.88. The number of likely N-dealkylation sites (tertiary alicyclic amines) is 1. The van der Waals surface area contributed by atoms with Crippen LogP contribution in [0.2, 0.25) is 0 Å². The van der Waals surface area contributed by atoms with Crippen molar-refractivity contribution in [2.45, 2.75) is 43.2 Å². The maximum absolute atomic E-state index is 12.2. The number of hydrogen-bond donors (Lipinski definition) is 2. The molecule has 1 saturated heterocycles. The van der Waals surface area contributed by atoms with Crippen molar-refractivity contribution in [3.8, 4) is 0 Å². The largest absolute Gasteiger partial charge is 0.371 e. The standard InChI is InChI=1S/C15H20INO2S/c16-9-5-4-8-15(19)10-13(20)14(18)17(15)11-12-6-2-1-3-7-12/h1-3,6-7,13,19-20H,4-5,8-11H2. The summed E-state index contributed by atoms with van der Waals surface area (Å²) in [4.78, 5) is 13.9. The Morgan fingerprint density at radius 1 is 1.35 bits per heavy atom. The topological polar surface area (TPSA) is 40.5 Å². The number of thiol groups is 1. The van der Waals surface area contributed by atoms with Crippen molar-refractivity contribution in [2.75, 3.05) is 4.43 Å². The number of amides is 1. The smallest absolute Gasteiger partial charge is 0.238 e. The van der Waals surface area contributed by atoms with Crippen molar-refractivity contribution in [2.24, 2.45) is 0 Å². The fourth-order valence-corrected chi connectivity index (χ4v) is 3.59. The molecule has 1 aromatic carbocycles. The third-order valence-electron chi connectivity index (χ3n) is 3.72. The van der Waals surface area contributed by atoms with Crippen LogP contribution in [0.1, 0.15) is 31.2 Å². The molecule has 1 aliphatic heterocycles. The maximum Gasteiger partial charge on any atom is 0.238 e. The van der Waals surface area contributed by atoms with E-state index < -0.39 is 5.72 Å². The molecule has 3 nitrogen and oxygen atoms in total. The molecule has 0 radical (unpaired) electrons. The van der Waals surface area contributed by atoms with Gasteiger partial charge in [-0.15, -0.1) is 0 Å². The van der Waals surface area contributed by atoms with Gasteiger partial charge in [0.05, 0.1) is 5.25 Å². The van der Waals surface area contributed by atoms with E-state index in [0.717, 1.165) is 22.8 Å². The zero-order valence-electron chi connectivity index (χ0n) is 11.3. The Balaban J connectivity index is 2.11. The number of benzene rings is 1. The highest BCUT2D eigenvalue weighted by Crippen LogP contribution is 2.36. The Kier molecular flexibility index (Phi) is 5.74. The quantitative estimate of drug-likeness (QED) is 0.331. The molecule has 1 aliphatic rings. The lowest BCUT2D eigenvalue weighted by Crippen LogP contribution is -2.45. The molecule has 1 amide bonds. The minimum Gasteiger partial charge on any atom is -0.371 e. The summed E-state index contributed by atoms with van der Waals surface area (Å²) in [5, 5.41) is 10.4. The van der Waals surface area contributed by atoms with Gasteiger partial charge < -0.3 is 10.0 Å². The molecule has 2 unspecified atom stereocenters. The highest BCUT2D eigenvalue weighted by molar-refractivity contribution is 14.1. The van der Waals surface area contributed by atoms with Crippen LogP contribution in [0.3, 0.4) is 0 Å². The van der Waals surface area contributed by atoms with E-state index in [4.69, 9.17) is 0 Å². The van der Waals surface area contributed by atoms with Crippen molar-refractivity contribution < 1.29 is 9.90 Å². The van der Waals surface area contributed by atoms with Gasteiger partial charge in [0.2, 0.25) is 5.91 Å². The minimum absolute atomic E-state index is 0.0610. The molecule has 0 bridgehead atoms. The van der Waals surface area contributed by atoms with E-state index in [0.29, 0.717) is 19.4 Å². The van der Waals surface area contributed by atoms with Crippen molar-refractivity contribution >= 4 is 41.1 Å². The summed E-state index contributed by atoms with van der Waals surface area (Å²) in [5.41, 5.74) is 0.00104. The van der Waals surface area contributed by atoms with Crippen molar-refractivity contribution in [1.29, 1.82) is 0 Å². The number of hydrogen-bond acceptors (Lipinski definition) is 3. The SMILES string of the molecule is O=C1C(S)CC(O)(CCCCI)N1Cc1ccccc1. The van der Waals surface area contributed by atoms with E-state index in [2.05, 4.69) is 35.2 Å². The van der Waals surface area contributed by atoms with Gasteiger partial charge in [0.1, 0.15) is 5.72 Å². The summed E-state index contributed by atoms with van der Waals surface area (Å²) in [5.74, 6) is -0.0610. The van der Waals surface area contributed by atoms with Gasteiger partial charge in [0, 0.05) is 13.0 Å². The summed E-state index contributed by atoms with van der Waals surface area (Å²) in [6, 6.07) is 9.80. The van der Waals surface area contributed by atoms with Crippen molar-refractivity contribution in [1.82, 2.24) is 4.90 Å². The Morgan fingerprint density at radius 2 is 2.05 bits per heavy atom. The van der Waals surface area contributed by atoms with Gasteiger partial charge >= 0.3 is 0 Å². The number of carbonyl (C=O) groups excluding carboxylic acids is 1. The fourth-order valence-electron chi connectivity index (χ4n) is 2.62. The summed E-state index contributed by atoms with van der Waals surface area (Å²) >= 11 is 6.65. The Morgan fingerprint density at radius 3 is 2.70 bits per heavy atom. The zero-order chi connectivity index (χ0) is 14.6. The van der Waals surface area contributed by atoms with E-state index >= 15 is 0 Å².